The molecule has 13 heavy (non-hydrogen) atoms. The zero-order chi connectivity index (χ0) is 8.67. The van der Waals surface area contributed by atoms with Crippen molar-refractivity contribution in [2.45, 2.75) is 6.42 Å². The average Bonchev–Trinajstić information content (AvgIpc) is 2.61. The van der Waals surface area contributed by atoms with Gasteiger partial charge in [0.05, 0.1) is 5.71 Å². The molecule has 0 atom stereocenters. The molecule has 3 heteroatoms. The van der Waals surface area contributed by atoms with Gasteiger partial charge in [0, 0.05) is 6.42 Å². The maximum Gasteiger partial charge on any atom is 0.112 e. The van der Waals surface area contributed by atoms with Crippen LogP contribution in [0.25, 0.3) is 6.08 Å². The largest absolute Gasteiger partial charge is 0.133 e. The highest BCUT2D eigenvalue weighted by Gasteiger charge is 2.18. The van der Waals surface area contributed by atoms with Crippen molar-refractivity contribution in [3.63, 3.8) is 0 Å². The van der Waals surface area contributed by atoms with Gasteiger partial charge in [0.2, 0.25) is 0 Å². The van der Waals surface area contributed by atoms with E-state index in [1.165, 1.54) is 11.1 Å². The van der Waals surface area contributed by atoms with Gasteiger partial charge in [-0.1, -0.05) is 24.3 Å². The van der Waals surface area contributed by atoms with E-state index in [9.17, 15) is 0 Å². The maximum atomic E-state index is 3.96. The molecule has 0 spiro atoms. The van der Waals surface area contributed by atoms with Crippen LogP contribution in [-0.2, 0) is 6.42 Å². The Balaban J connectivity index is 2.21. The molecule has 1 aromatic carbocycles. The molecule has 1 aliphatic heterocycles. The first-order chi connectivity index (χ1) is 6.43. The third kappa shape index (κ3) is 0.935. The van der Waals surface area contributed by atoms with Crippen LogP contribution in [0, 0.1) is 0 Å². The second-order valence-corrected chi connectivity index (χ2v) is 3.14. The van der Waals surface area contributed by atoms with Crippen LogP contribution < -0.4 is 0 Å². The van der Waals surface area contributed by atoms with Gasteiger partial charge in [0.25, 0.3) is 0 Å². The van der Waals surface area contributed by atoms with E-state index in [2.05, 4.69) is 27.6 Å². The van der Waals surface area contributed by atoms with E-state index in [1.807, 2.05) is 18.2 Å². The van der Waals surface area contributed by atoms with Crippen molar-refractivity contribution in [1.82, 2.24) is 0 Å². The van der Waals surface area contributed by atoms with Gasteiger partial charge in [0.15, 0.2) is 0 Å². The van der Waals surface area contributed by atoms with Gasteiger partial charge in [-0.25, -0.2) is 0 Å². The predicted molar refractivity (Wildman–Crippen MR) is 50.4 cm³/mol. The van der Waals surface area contributed by atoms with Crippen LogP contribution in [0.5, 0.6) is 0 Å². The summed E-state index contributed by atoms with van der Waals surface area (Å²) in [7, 11) is 0. The Morgan fingerprint density at radius 1 is 1.15 bits per heavy atom. The molecule has 0 N–H and O–H groups in total. The van der Waals surface area contributed by atoms with Crippen LogP contribution in [0.15, 0.2) is 45.4 Å². The molecule has 0 bridgehead atoms. The summed E-state index contributed by atoms with van der Waals surface area (Å²) in [5, 5.41) is 11.6. The van der Waals surface area contributed by atoms with Gasteiger partial charge in [-0.3, -0.25) is 0 Å². The summed E-state index contributed by atoms with van der Waals surface area (Å²) in [5.41, 5.74) is 4.44. The second-order valence-electron chi connectivity index (χ2n) is 3.14. The van der Waals surface area contributed by atoms with Crippen molar-refractivity contribution in [2.75, 3.05) is 0 Å². The fourth-order valence-electron chi connectivity index (χ4n) is 1.64. The molecule has 1 aliphatic carbocycles. The summed E-state index contributed by atoms with van der Waals surface area (Å²) in [6.07, 6.45) is 2.89. The molecule has 0 fully saturated rings. The number of rotatable bonds is 0. The number of nitrogens with zero attached hydrogens (tertiary/aromatic N) is 3. The van der Waals surface area contributed by atoms with Gasteiger partial charge >= 0.3 is 0 Å². The van der Waals surface area contributed by atoms with Crippen LogP contribution in [-0.4, -0.2) is 5.71 Å². The number of allylic oxidation sites excluding steroid dienone is 1. The standard InChI is InChI=1S/C10H7N3/c1-2-4-8-6-10-9(11-13-12-10)5-7(8)3-1/h1-5H,6H2. The highest BCUT2D eigenvalue weighted by molar-refractivity contribution is 6.07. The van der Waals surface area contributed by atoms with Crippen molar-refractivity contribution in [3.8, 4) is 0 Å². The van der Waals surface area contributed by atoms with E-state index >= 15 is 0 Å². The maximum absolute atomic E-state index is 3.96. The summed E-state index contributed by atoms with van der Waals surface area (Å²) >= 11 is 0. The smallest absolute Gasteiger partial charge is 0.112 e. The fraction of sp³-hybridized carbons (Fsp3) is 0.100. The normalized spacial score (nSPS) is 17.5. The van der Waals surface area contributed by atoms with Crippen LogP contribution in [0.2, 0.25) is 0 Å². The second kappa shape index (κ2) is 2.36. The molecule has 0 aromatic heterocycles. The summed E-state index contributed by atoms with van der Waals surface area (Å²) in [6, 6.07) is 8.28. The molecule has 0 radical (unpaired) electrons. The summed E-state index contributed by atoms with van der Waals surface area (Å²) in [4.78, 5) is 0. The molecule has 2 aliphatic rings. The minimum atomic E-state index is 0.856. The number of benzene rings is 1. The molecule has 0 saturated heterocycles. The molecule has 62 valence electrons. The third-order valence-corrected chi connectivity index (χ3v) is 2.32. The zero-order valence-corrected chi connectivity index (χ0v) is 6.94. The van der Waals surface area contributed by atoms with Crippen LogP contribution in [0.1, 0.15) is 11.1 Å². The van der Waals surface area contributed by atoms with E-state index in [4.69, 9.17) is 0 Å². The minimum absolute atomic E-state index is 0.856. The lowest BCUT2D eigenvalue weighted by Crippen LogP contribution is -2.08. The van der Waals surface area contributed by atoms with E-state index < -0.39 is 0 Å². The highest BCUT2D eigenvalue weighted by Crippen LogP contribution is 2.25. The molecule has 0 saturated carbocycles. The van der Waals surface area contributed by atoms with Crippen LogP contribution in [0.4, 0.5) is 0 Å². The monoisotopic (exact) mass is 169 g/mol. The first-order valence-corrected chi connectivity index (χ1v) is 4.21. The lowest BCUT2D eigenvalue weighted by Gasteiger charge is -2.11. The van der Waals surface area contributed by atoms with Crippen molar-refractivity contribution in [3.05, 3.63) is 41.1 Å². The lowest BCUT2D eigenvalue weighted by molar-refractivity contribution is 1.10. The third-order valence-electron chi connectivity index (χ3n) is 2.32. The van der Waals surface area contributed by atoms with E-state index in [1.54, 1.807) is 0 Å². The predicted octanol–water partition coefficient (Wildman–Crippen LogP) is 2.41. The summed E-state index contributed by atoms with van der Waals surface area (Å²) in [6.45, 7) is 0. The van der Waals surface area contributed by atoms with Crippen LogP contribution >= 0.6 is 0 Å². The Bertz CT molecular complexity index is 455. The average molecular weight is 169 g/mol. The Labute approximate surface area is 75.5 Å². The van der Waals surface area contributed by atoms with E-state index in [0.717, 1.165) is 17.8 Å². The SMILES string of the molecule is C1=C2N=NN=C2Cc2ccccc21. The molecule has 3 rings (SSSR count). The van der Waals surface area contributed by atoms with Gasteiger partial charge in [-0.05, 0) is 22.4 Å². The van der Waals surface area contributed by atoms with Gasteiger partial charge < -0.3 is 0 Å². The fourth-order valence-corrected chi connectivity index (χ4v) is 1.64. The zero-order valence-electron chi connectivity index (χ0n) is 6.94. The quantitative estimate of drug-likeness (QED) is 0.572. The molecule has 1 heterocycles. The number of fused-ring (bicyclic) bond motifs is 2. The first-order valence-electron chi connectivity index (χ1n) is 4.21. The Hall–Kier alpha value is -1.77. The number of hydrogen-bond acceptors (Lipinski definition) is 3. The Morgan fingerprint density at radius 3 is 3.08 bits per heavy atom. The number of hydrogen-bond donors (Lipinski definition) is 0. The first kappa shape index (κ1) is 6.71. The van der Waals surface area contributed by atoms with E-state index in [-0.39, 0.29) is 0 Å². The Kier molecular flexibility index (Phi) is 1.22. The van der Waals surface area contributed by atoms with E-state index in [0.29, 0.717) is 0 Å². The molecule has 0 amide bonds. The Morgan fingerprint density at radius 2 is 2.08 bits per heavy atom. The van der Waals surface area contributed by atoms with Crippen molar-refractivity contribution < 1.29 is 0 Å². The van der Waals surface area contributed by atoms with Gasteiger partial charge in [-0.15, -0.1) is 10.2 Å². The minimum Gasteiger partial charge on any atom is -0.133 e. The lowest BCUT2D eigenvalue weighted by atomic mass is 9.94. The molecular weight excluding hydrogens is 162 g/mol. The highest BCUT2D eigenvalue weighted by atomic mass is 15.4. The van der Waals surface area contributed by atoms with Crippen molar-refractivity contribution in [1.29, 1.82) is 0 Å². The summed E-state index contributed by atoms with van der Waals surface area (Å²) < 4.78 is 0. The van der Waals surface area contributed by atoms with Crippen molar-refractivity contribution in [2.24, 2.45) is 15.4 Å². The molecule has 1 aromatic rings. The van der Waals surface area contributed by atoms with Crippen molar-refractivity contribution >= 4 is 11.8 Å². The van der Waals surface area contributed by atoms with Gasteiger partial charge in [0.1, 0.15) is 5.70 Å². The molecule has 3 nitrogen and oxygen atoms in total. The topological polar surface area (TPSA) is 37.1 Å². The molecular formula is C10H7N3. The summed E-state index contributed by atoms with van der Waals surface area (Å²) in [5.74, 6) is 0. The molecule has 0 unspecified atom stereocenters. The van der Waals surface area contributed by atoms with Gasteiger partial charge in [-0.2, -0.15) is 0 Å². The van der Waals surface area contributed by atoms with Crippen LogP contribution in [0.3, 0.4) is 0 Å².